The van der Waals surface area contributed by atoms with Crippen LogP contribution in [0.3, 0.4) is 0 Å². The zero-order valence-corrected chi connectivity index (χ0v) is 22.4. The molecule has 15 atom stereocenters. The monoisotopic (exact) mass is 609 g/mol. The first-order valence-corrected chi connectivity index (χ1v) is 13.7. The number of nitrogens with one attached hydrogen (secondary N) is 3. The van der Waals surface area contributed by atoms with Gasteiger partial charge in [0.2, 0.25) is 17.7 Å². The number of hydrogen-bond acceptors (Lipinski definition) is 15. The molecule has 0 aromatic carbocycles. The molecule has 4 aliphatic heterocycles. The Hall–Kier alpha value is -2.07. The highest BCUT2D eigenvalue weighted by molar-refractivity contribution is 5.77. The summed E-state index contributed by atoms with van der Waals surface area (Å²) in [4.78, 5) is 37.9. The number of aliphatic hydroxyl groups is 9. The lowest BCUT2D eigenvalue weighted by Crippen LogP contribution is -2.61. The molecule has 0 saturated carbocycles. The van der Waals surface area contributed by atoms with Crippen molar-refractivity contribution in [2.45, 2.75) is 111 Å². The fourth-order valence-electron chi connectivity index (χ4n) is 5.50. The summed E-state index contributed by atoms with van der Waals surface area (Å²) in [6.45, 7) is -1.17. The van der Waals surface area contributed by atoms with Gasteiger partial charge in [0.15, 0.2) is 0 Å². The van der Waals surface area contributed by atoms with Crippen molar-refractivity contribution in [2.75, 3.05) is 19.6 Å². The molecule has 4 saturated heterocycles. The highest BCUT2D eigenvalue weighted by Gasteiger charge is 2.47. The van der Waals surface area contributed by atoms with E-state index in [-0.39, 0.29) is 19.6 Å². The Morgan fingerprint density at radius 2 is 0.595 bits per heavy atom. The summed E-state index contributed by atoms with van der Waals surface area (Å²) >= 11 is 0. The molecule has 12 N–H and O–H groups in total. The second-order valence-corrected chi connectivity index (χ2v) is 11.1. The van der Waals surface area contributed by atoms with E-state index >= 15 is 0 Å². The molecule has 0 unspecified atom stereocenters. The molecule has 42 heavy (non-hydrogen) atoms. The molecule has 4 fully saturated rings. The number of carbonyl (C=O) groups is 3. The molecule has 0 aromatic heterocycles. The maximum Gasteiger partial charge on any atom is 0.222 e. The Balaban J connectivity index is 1.54. The van der Waals surface area contributed by atoms with E-state index in [1.165, 1.54) is 0 Å². The highest BCUT2D eigenvalue weighted by atomic mass is 16.5. The van der Waals surface area contributed by atoms with Crippen LogP contribution in [-0.2, 0) is 28.6 Å². The van der Waals surface area contributed by atoms with Gasteiger partial charge in [-0.3, -0.25) is 14.4 Å². The second-order valence-electron chi connectivity index (χ2n) is 11.1. The molecular weight excluding hydrogens is 570 g/mol. The molecule has 0 aliphatic carbocycles. The lowest BCUT2D eigenvalue weighted by atomic mass is 9.92. The van der Waals surface area contributed by atoms with Crippen LogP contribution < -0.4 is 16.0 Å². The van der Waals surface area contributed by atoms with Crippen molar-refractivity contribution in [1.82, 2.24) is 16.0 Å². The molecule has 240 valence electrons. The van der Waals surface area contributed by atoms with Gasteiger partial charge >= 0.3 is 0 Å². The van der Waals surface area contributed by atoms with Crippen LogP contribution in [0.2, 0.25) is 0 Å². The van der Waals surface area contributed by atoms with E-state index in [1.54, 1.807) is 0 Å². The average molecular weight is 610 g/mol. The first-order chi connectivity index (χ1) is 19.8. The van der Waals surface area contributed by atoms with Gasteiger partial charge in [-0.1, -0.05) is 0 Å². The minimum absolute atomic E-state index is 0.390. The van der Waals surface area contributed by atoms with E-state index in [0.29, 0.717) is 0 Å². The number of rotatable bonds is 0. The molecule has 0 radical (unpaired) electrons. The summed E-state index contributed by atoms with van der Waals surface area (Å²) < 4.78 is 16.8. The Morgan fingerprint density at radius 3 is 0.833 bits per heavy atom. The molecule has 4 rings (SSSR count). The lowest BCUT2D eigenvalue weighted by molar-refractivity contribution is -0.223. The molecule has 6 bridgehead atoms. The van der Waals surface area contributed by atoms with Crippen LogP contribution in [0.15, 0.2) is 0 Å². The van der Waals surface area contributed by atoms with Gasteiger partial charge in [-0.25, -0.2) is 0 Å². The third-order valence-corrected chi connectivity index (χ3v) is 8.09. The summed E-state index contributed by atoms with van der Waals surface area (Å²) in [5.41, 5.74) is 0. The fraction of sp³-hybridized carbons (Fsp3) is 0.875. The van der Waals surface area contributed by atoms with E-state index < -0.39 is 129 Å². The largest absolute Gasteiger partial charge is 0.388 e. The Kier molecular flexibility index (Phi) is 10.7. The van der Waals surface area contributed by atoms with Gasteiger partial charge in [0, 0.05) is 19.6 Å². The van der Waals surface area contributed by atoms with Crippen molar-refractivity contribution in [2.24, 2.45) is 0 Å². The molecule has 18 heteroatoms. The maximum absolute atomic E-state index is 12.6. The van der Waals surface area contributed by atoms with E-state index in [1.807, 2.05) is 0 Å². The molecule has 0 aromatic rings. The summed E-state index contributed by atoms with van der Waals surface area (Å²) in [5.74, 6) is -2.22. The average Bonchev–Trinajstić information content (AvgIpc) is 2.95. The maximum atomic E-state index is 12.6. The summed E-state index contributed by atoms with van der Waals surface area (Å²) in [7, 11) is 0. The molecule has 0 spiro atoms. The number of carbonyl (C=O) groups excluding carboxylic acids is 3. The third-order valence-electron chi connectivity index (χ3n) is 8.09. The minimum Gasteiger partial charge on any atom is -0.388 e. The van der Waals surface area contributed by atoms with Gasteiger partial charge in [-0.15, -0.1) is 0 Å². The van der Waals surface area contributed by atoms with Crippen LogP contribution in [0.1, 0.15) is 19.3 Å². The molecule has 4 heterocycles. The molecule has 3 amide bonds. The van der Waals surface area contributed by atoms with Crippen LogP contribution in [0.4, 0.5) is 0 Å². The number of aliphatic hydroxyl groups excluding tert-OH is 9. The van der Waals surface area contributed by atoms with Crippen molar-refractivity contribution < 1.29 is 74.6 Å². The third kappa shape index (κ3) is 7.17. The van der Waals surface area contributed by atoms with Crippen molar-refractivity contribution >= 4 is 17.7 Å². The standard InChI is InChI=1S/C24H39N3O15/c28-13-1-7-16(31)22(37)19(34)10(40-7)5-26-14(29)3-9-18(33)24(39)21(36)12(42-9)6-27-15(30)2-8-17(32)23(38)20(35)11(41-8)4-25-13/h7-12,16-24,31-39H,1-6H2,(H,25,28)(H,26,29)(H,27,30)/t7-,8-,9-,10+,11+,12+,16-,17-,18-,19+,20+,21+,22+,23+,24+/m0/s1. The summed E-state index contributed by atoms with van der Waals surface area (Å²) in [6, 6.07) is 0. The Morgan fingerprint density at radius 1 is 0.381 bits per heavy atom. The normalized spacial score (nSPS) is 48.2. The van der Waals surface area contributed by atoms with E-state index in [9.17, 15) is 60.3 Å². The number of amides is 3. The van der Waals surface area contributed by atoms with Gasteiger partial charge < -0.3 is 76.1 Å². The zero-order chi connectivity index (χ0) is 30.9. The highest BCUT2D eigenvalue weighted by Crippen LogP contribution is 2.26. The quantitative estimate of drug-likeness (QED) is 0.121. The van der Waals surface area contributed by atoms with E-state index in [2.05, 4.69) is 16.0 Å². The predicted octanol–water partition coefficient (Wildman–Crippen LogP) is -7.93. The Labute approximate surface area is 239 Å². The zero-order valence-electron chi connectivity index (χ0n) is 22.4. The number of fused-ring (bicyclic) bond motifs is 6. The smallest absolute Gasteiger partial charge is 0.222 e. The van der Waals surface area contributed by atoms with Gasteiger partial charge in [0.1, 0.15) is 73.2 Å². The van der Waals surface area contributed by atoms with Crippen molar-refractivity contribution in [1.29, 1.82) is 0 Å². The first-order valence-electron chi connectivity index (χ1n) is 13.7. The Bertz CT molecular complexity index is 857. The SMILES string of the molecule is O=C1C[C@@H]2O[C@H](CNC(=O)C[C@@H]3O[C@H](CNC(=O)C[C@@H]4O[C@H](CN1)[C@@H](O)[C@H](O)[C@H]4O)[C@@H](O)[C@H](O)[C@H]3O)[C@@H](O)[C@H](O)[C@H]2O. The first kappa shape index (κ1) is 32.8. The fourth-order valence-corrected chi connectivity index (χ4v) is 5.50. The minimum atomic E-state index is -1.74. The van der Waals surface area contributed by atoms with Crippen LogP contribution in [0.5, 0.6) is 0 Å². The summed E-state index contributed by atoms with van der Waals surface area (Å²) in [6.07, 6.45) is -24.7. The number of ether oxygens (including phenoxy) is 3. The predicted molar refractivity (Wildman–Crippen MR) is 133 cm³/mol. The summed E-state index contributed by atoms with van der Waals surface area (Å²) in [5, 5.41) is 100. The van der Waals surface area contributed by atoms with Gasteiger partial charge in [-0.05, 0) is 0 Å². The van der Waals surface area contributed by atoms with Crippen LogP contribution >= 0.6 is 0 Å². The van der Waals surface area contributed by atoms with Crippen LogP contribution in [0, 0.1) is 0 Å². The van der Waals surface area contributed by atoms with E-state index in [4.69, 9.17) is 14.2 Å². The lowest BCUT2D eigenvalue weighted by Gasteiger charge is -2.41. The molecular formula is C24H39N3O15. The number of hydrogen-bond donors (Lipinski definition) is 12. The van der Waals surface area contributed by atoms with E-state index in [0.717, 1.165) is 0 Å². The van der Waals surface area contributed by atoms with Crippen LogP contribution in [0.25, 0.3) is 0 Å². The van der Waals surface area contributed by atoms with Crippen LogP contribution in [-0.4, -0.2) is 175 Å². The van der Waals surface area contributed by atoms with Gasteiger partial charge in [0.05, 0.1) is 37.6 Å². The second kappa shape index (κ2) is 13.7. The van der Waals surface area contributed by atoms with Gasteiger partial charge in [0.25, 0.3) is 0 Å². The van der Waals surface area contributed by atoms with Crippen molar-refractivity contribution in [3.05, 3.63) is 0 Å². The molecule has 18 nitrogen and oxygen atoms in total. The van der Waals surface area contributed by atoms with Crippen molar-refractivity contribution in [3.63, 3.8) is 0 Å². The topological polar surface area (TPSA) is 297 Å². The van der Waals surface area contributed by atoms with Gasteiger partial charge in [-0.2, -0.15) is 0 Å². The molecule has 4 aliphatic rings. The van der Waals surface area contributed by atoms with Crippen molar-refractivity contribution in [3.8, 4) is 0 Å².